The lowest BCUT2D eigenvalue weighted by molar-refractivity contribution is 0.615. The van der Waals surface area contributed by atoms with Crippen LogP contribution in [0.5, 0.6) is 0 Å². The Labute approximate surface area is 74.7 Å². The Balaban J connectivity index is 3.61. The molecule has 1 unspecified atom stereocenters. The quantitative estimate of drug-likeness (QED) is 0.508. The van der Waals surface area contributed by atoms with Crippen molar-refractivity contribution in [2.75, 3.05) is 0 Å². The minimum atomic E-state index is 0.432. The predicted molar refractivity (Wildman–Crippen MR) is 54.6 cm³/mol. The molecular weight excluding hydrogens is 154 g/mol. The van der Waals surface area contributed by atoms with Gasteiger partial charge in [0.05, 0.1) is 4.99 Å². The summed E-state index contributed by atoms with van der Waals surface area (Å²) in [6.45, 7) is 4.15. The highest BCUT2D eigenvalue weighted by molar-refractivity contribution is 7.80. The van der Waals surface area contributed by atoms with Gasteiger partial charge in [0.2, 0.25) is 0 Å². The smallest absolute Gasteiger partial charge is 0.0758 e. The molecule has 0 rings (SSSR count). The Bertz CT molecular complexity index is 140. The largest absolute Gasteiger partial charge is 0.393 e. The van der Waals surface area contributed by atoms with E-state index in [2.05, 4.69) is 19.1 Å². The third kappa shape index (κ3) is 4.96. The molecule has 2 N–H and O–H groups in total. The molecule has 64 valence electrons. The first kappa shape index (κ1) is 10.6. The number of rotatable bonds is 5. The molecule has 2 heteroatoms. The molecule has 0 saturated heterocycles. The maximum absolute atomic E-state index is 5.54. The van der Waals surface area contributed by atoms with Crippen molar-refractivity contribution >= 4 is 17.2 Å². The fourth-order valence-corrected chi connectivity index (χ4v) is 1.30. The van der Waals surface area contributed by atoms with Gasteiger partial charge in [-0.2, -0.15) is 0 Å². The van der Waals surface area contributed by atoms with Crippen LogP contribution in [0.15, 0.2) is 12.2 Å². The van der Waals surface area contributed by atoms with Crippen molar-refractivity contribution in [3.8, 4) is 0 Å². The first-order valence-corrected chi connectivity index (χ1v) is 4.53. The average Bonchev–Trinajstić information content (AvgIpc) is 1.97. The summed E-state index contributed by atoms with van der Waals surface area (Å²) in [5.74, 6) is 0.432. The van der Waals surface area contributed by atoms with Crippen molar-refractivity contribution in [3.05, 3.63) is 12.2 Å². The molecule has 0 aromatic heterocycles. The van der Waals surface area contributed by atoms with E-state index in [9.17, 15) is 0 Å². The molecule has 0 fully saturated rings. The Hall–Kier alpha value is -0.370. The molecule has 0 radical (unpaired) electrons. The molecule has 0 bridgehead atoms. The fraction of sp³-hybridized carbons (Fsp3) is 0.667. The van der Waals surface area contributed by atoms with Gasteiger partial charge in [-0.1, -0.05) is 31.3 Å². The molecular formula is C9H17NS. The van der Waals surface area contributed by atoms with Crippen molar-refractivity contribution < 1.29 is 0 Å². The van der Waals surface area contributed by atoms with Gasteiger partial charge in [0.15, 0.2) is 0 Å². The SMILES string of the molecule is CC=CCCC(CC)C(N)=S. The molecule has 0 saturated carbocycles. The summed E-state index contributed by atoms with van der Waals surface area (Å²) in [4.78, 5) is 0.664. The summed E-state index contributed by atoms with van der Waals surface area (Å²) in [6, 6.07) is 0. The first-order chi connectivity index (χ1) is 5.22. The first-order valence-electron chi connectivity index (χ1n) is 4.12. The third-order valence-corrected chi connectivity index (χ3v) is 2.15. The molecule has 11 heavy (non-hydrogen) atoms. The molecule has 0 aliphatic heterocycles. The van der Waals surface area contributed by atoms with Crippen molar-refractivity contribution in [1.29, 1.82) is 0 Å². The van der Waals surface area contributed by atoms with Gasteiger partial charge in [0.1, 0.15) is 0 Å². The van der Waals surface area contributed by atoms with Crippen molar-refractivity contribution in [2.24, 2.45) is 11.7 Å². The van der Waals surface area contributed by atoms with E-state index in [1.54, 1.807) is 0 Å². The van der Waals surface area contributed by atoms with E-state index in [1.165, 1.54) is 0 Å². The third-order valence-electron chi connectivity index (χ3n) is 1.81. The van der Waals surface area contributed by atoms with Gasteiger partial charge in [-0.15, -0.1) is 0 Å². The molecule has 0 amide bonds. The van der Waals surface area contributed by atoms with Crippen LogP contribution in [0.4, 0.5) is 0 Å². The van der Waals surface area contributed by atoms with Crippen LogP contribution >= 0.6 is 12.2 Å². The van der Waals surface area contributed by atoms with Crippen LogP contribution in [-0.4, -0.2) is 4.99 Å². The summed E-state index contributed by atoms with van der Waals surface area (Å²) in [6.07, 6.45) is 7.46. The van der Waals surface area contributed by atoms with E-state index in [0.29, 0.717) is 10.9 Å². The zero-order valence-electron chi connectivity index (χ0n) is 7.34. The van der Waals surface area contributed by atoms with Crippen LogP contribution in [0, 0.1) is 5.92 Å². The van der Waals surface area contributed by atoms with Crippen LogP contribution in [-0.2, 0) is 0 Å². The van der Waals surface area contributed by atoms with Gasteiger partial charge in [-0.05, 0) is 26.2 Å². The highest BCUT2D eigenvalue weighted by Crippen LogP contribution is 2.11. The second-order valence-corrected chi connectivity index (χ2v) is 3.13. The van der Waals surface area contributed by atoms with Crippen LogP contribution in [0.1, 0.15) is 33.1 Å². The monoisotopic (exact) mass is 171 g/mol. The van der Waals surface area contributed by atoms with Crippen molar-refractivity contribution in [2.45, 2.75) is 33.1 Å². The second-order valence-electron chi connectivity index (χ2n) is 2.65. The minimum Gasteiger partial charge on any atom is -0.393 e. The lowest BCUT2D eigenvalue weighted by Gasteiger charge is -2.10. The van der Waals surface area contributed by atoms with Crippen molar-refractivity contribution in [1.82, 2.24) is 0 Å². The summed E-state index contributed by atoms with van der Waals surface area (Å²) >= 11 is 4.92. The number of allylic oxidation sites excluding steroid dienone is 2. The van der Waals surface area contributed by atoms with Gasteiger partial charge < -0.3 is 5.73 Å². The average molecular weight is 171 g/mol. The van der Waals surface area contributed by atoms with Gasteiger partial charge >= 0.3 is 0 Å². The zero-order valence-corrected chi connectivity index (χ0v) is 8.16. The van der Waals surface area contributed by atoms with Gasteiger partial charge in [0.25, 0.3) is 0 Å². The van der Waals surface area contributed by atoms with Gasteiger partial charge in [-0.3, -0.25) is 0 Å². The molecule has 1 nitrogen and oxygen atoms in total. The molecule has 0 aliphatic rings. The highest BCUT2D eigenvalue weighted by Gasteiger charge is 2.06. The molecule has 0 aliphatic carbocycles. The summed E-state index contributed by atoms with van der Waals surface area (Å²) in [5, 5.41) is 0. The molecule has 0 aromatic rings. The number of hydrogen-bond acceptors (Lipinski definition) is 1. The van der Waals surface area contributed by atoms with E-state index < -0.39 is 0 Å². The molecule has 0 spiro atoms. The topological polar surface area (TPSA) is 26.0 Å². The molecule has 0 heterocycles. The maximum atomic E-state index is 5.54. The van der Waals surface area contributed by atoms with Gasteiger partial charge in [-0.25, -0.2) is 0 Å². The Morgan fingerprint density at radius 2 is 2.27 bits per heavy atom. The lowest BCUT2D eigenvalue weighted by atomic mass is 10.0. The Morgan fingerprint density at radius 1 is 1.64 bits per heavy atom. The standard InChI is InChI=1S/C9H17NS/c1-3-5-6-7-8(4-2)9(10)11/h3,5,8H,4,6-7H2,1-2H3,(H2,10,11). The lowest BCUT2D eigenvalue weighted by Crippen LogP contribution is -2.20. The summed E-state index contributed by atoms with van der Waals surface area (Å²) in [7, 11) is 0. The van der Waals surface area contributed by atoms with Crippen LogP contribution in [0.25, 0.3) is 0 Å². The van der Waals surface area contributed by atoms with E-state index in [0.717, 1.165) is 19.3 Å². The normalized spacial score (nSPS) is 13.6. The van der Waals surface area contributed by atoms with Crippen LogP contribution in [0.3, 0.4) is 0 Å². The predicted octanol–water partition coefficient (Wildman–Crippen LogP) is 2.66. The Morgan fingerprint density at radius 3 is 2.64 bits per heavy atom. The second kappa shape index (κ2) is 6.35. The fourth-order valence-electron chi connectivity index (χ4n) is 1.01. The highest BCUT2D eigenvalue weighted by atomic mass is 32.1. The van der Waals surface area contributed by atoms with E-state index in [4.69, 9.17) is 18.0 Å². The van der Waals surface area contributed by atoms with E-state index in [-0.39, 0.29) is 0 Å². The Kier molecular flexibility index (Phi) is 6.13. The van der Waals surface area contributed by atoms with Crippen LogP contribution < -0.4 is 5.73 Å². The number of nitrogens with two attached hydrogens (primary N) is 1. The molecule has 0 aromatic carbocycles. The number of hydrogen-bond donors (Lipinski definition) is 1. The van der Waals surface area contributed by atoms with Crippen molar-refractivity contribution in [3.63, 3.8) is 0 Å². The van der Waals surface area contributed by atoms with Crippen LogP contribution in [0.2, 0.25) is 0 Å². The van der Waals surface area contributed by atoms with E-state index >= 15 is 0 Å². The number of thiocarbonyl (C=S) groups is 1. The molecule has 1 atom stereocenters. The maximum Gasteiger partial charge on any atom is 0.0758 e. The zero-order chi connectivity index (χ0) is 8.69. The van der Waals surface area contributed by atoms with Gasteiger partial charge in [0, 0.05) is 5.92 Å². The minimum absolute atomic E-state index is 0.432. The van der Waals surface area contributed by atoms with E-state index in [1.807, 2.05) is 6.92 Å². The summed E-state index contributed by atoms with van der Waals surface area (Å²) in [5.41, 5.74) is 5.54. The summed E-state index contributed by atoms with van der Waals surface area (Å²) < 4.78 is 0.